The molecule has 9 heteroatoms. The molecular formula is C22H21F3N2O4. The van der Waals surface area contributed by atoms with Gasteiger partial charge in [0.25, 0.3) is 5.91 Å². The van der Waals surface area contributed by atoms with E-state index in [1.807, 2.05) is 4.90 Å². The van der Waals surface area contributed by atoms with E-state index in [9.17, 15) is 18.0 Å². The second kappa shape index (κ2) is 8.14. The molecule has 0 unspecified atom stereocenters. The summed E-state index contributed by atoms with van der Waals surface area (Å²) in [7, 11) is 1.52. The molecule has 4 rings (SSSR count). The Morgan fingerprint density at radius 3 is 2.55 bits per heavy atom. The van der Waals surface area contributed by atoms with E-state index in [0.717, 1.165) is 6.07 Å². The smallest absolute Gasteiger partial charge is 0.418 e. The first-order chi connectivity index (χ1) is 14.8. The number of carbonyl (C=O) groups is 1. The Hall–Kier alpha value is -3.20. The van der Waals surface area contributed by atoms with E-state index in [-0.39, 0.29) is 11.4 Å². The number of carbonyl (C=O) groups excluding carboxylic acids is 1. The number of amides is 1. The van der Waals surface area contributed by atoms with Crippen molar-refractivity contribution in [1.29, 1.82) is 0 Å². The Balaban J connectivity index is 1.66. The van der Waals surface area contributed by atoms with Crippen LogP contribution in [0.2, 0.25) is 0 Å². The quantitative estimate of drug-likeness (QED) is 0.636. The van der Waals surface area contributed by atoms with Crippen LogP contribution in [-0.4, -0.2) is 39.3 Å². The highest BCUT2D eigenvalue weighted by Gasteiger charge is 2.35. The summed E-state index contributed by atoms with van der Waals surface area (Å²) in [6, 6.07) is 8.93. The van der Waals surface area contributed by atoms with E-state index in [1.165, 1.54) is 13.2 Å². The third kappa shape index (κ3) is 4.18. The lowest BCUT2D eigenvalue weighted by atomic mass is 10.1. The zero-order valence-corrected chi connectivity index (χ0v) is 17.0. The van der Waals surface area contributed by atoms with Gasteiger partial charge in [0, 0.05) is 29.7 Å². The second-order valence-electron chi connectivity index (χ2n) is 7.20. The lowest BCUT2D eigenvalue weighted by Crippen LogP contribution is -2.36. The monoisotopic (exact) mass is 434 g/mol. The molecule has 164 valence electrons. The van der Waals surface area contributed by atoms with Crippen LogP contribution in [-0.2, 0) is 10.9 Å². The summed E-state index contributed by atoms with van der Waals surface area (Å²) in [6.45, 7) is 3.59. The van der Waals surface area contributed by atoms with Crippen molar-refractivity contribution in [1.82, 2.24) is 0 Å². The molecule has 2 aromatic carbocycles. The molecule has 1 aliphatic heterocycles. The zero-order chi connectivity index (χ0) is 22.2. The van der Waals surface area contributed by atoms with Crippen molar-refractivity contribution in [2.45, 2.75) is 13.1 Å². The molecule has 0 bridgehead atoms. The highest BCUT2D eigenvalue weighted by atomic mass is 19.4. The van der Waals surface area contributed by atoms with Gasteiger partial charge in [0.1, 0.15) is 11.3 Å². The van der Waals surface area contributed by atoms with Gasteiger partial charge in [-0.25, -0.2) is 0 Å². The van der Waals surface area contributed by atoms with Crippen LogP contribution in [0.1, 0.15) is 21.7 Å². The van der Waals surface area contributed by atoms with Crippen LogP contribution >= 0.6 is 0 Å². The van der Waals surface area contributed by atoms with Gasteiger partial charge < -0.3 is 24.1 Å². The van der Waals surface area contributed by atoms with E-state index in [0.29, 0.717) is 54.3 Å². The maximum Gasteiger partial charge on any atom is 0.418 e. The minimum absolute atomic E-state index is 0.0476. The number of ether oxygens (including phenoxy) is 2. The molecular weight excluding hydrogens is 413 g/mol. The number of alkyl halides is 3. The van der Waals surface area contributed by atoms with Crippen molar-refractivity contribution in [3.8, 4) is 5.75 Å². The molecule has 0 spiro atoms. The molecule has 1 fully saturated rings. The number of methoxy groups -OCH3 is 1. The van der Waals surface area contributed by atoms with Crippen molar-refractivity contribution in [3.05, 3.63) is 53.3 Å². The Morgan fingerprint density at radius 1 is 1.13 bits per heavy atom. The molecule has 0 atom stereocenters. The number of benzene rings is 2. The van der Waals surface area contributed by atoms with Crippen molar-refractivity contribution in [2.75, 3.05) is 43.6 Å². The number of hydrogen-bond donors (Lipinski definition) is 1. The van der Waals surface area contributed by atoms with Crippen LogP contribution in [0.25, 0.3) is 11.0 Å². The van der Waals surface area contributed by atoms with Gasteiger partial charge in [0.2, 0.25) is 0 Å². The topological polar surface area (TPSA) is 63.9 Å². The van der Waals surface area contributed by atoms with Gasteiger partial charge in [-0.1, -0.05) is 0 Å². The summed E-state index contributed by atoms with van der Waals surface area (Å²) in [5.41, 5.74) is 0.153. The van der Waals surface area contributed by atoms with Crippen molar-refractivity contribution >= 4 is 28.3 Å². The number of nitrogens with zero attached hydrogens (tertiary/aromatic N) is 1. The molecule has 0 aliphatic carbocycles. The van der Waals surface area contributed by atoms with E-state index < -0.39 is 17.6 Å². The number of furan rings is 1. The summed E-state index contributed by atoms with van der Waals surface area (Å²) in [5.74, 6) is -0.215. The fourth-order valence-corrected chi connectivity index (χ4v) is 3.62. The predicted octanol–water partition coefficient (Wildman–Crippen LogP) is 4.86. The standard InChI is InChI=1S/C22H21F3N2O4/c1-13-16-12-15(29-2)4-6-19(16)31-20(13)21(28)26-18-5-3-14(11-17(18)22(23,24)25)27-7-9-30-10-8-27/h3-6,11-12H,7-10H2,1-2H3,(H,26,28). The number of hydrogen-bond acceptors (Lipinski definition) is 5. The molecule has 1 N–H and O–H groups in total. The summed E-state index contributed by atoms with van der Waals surface area (Å²) in [4.78, 5) is 14.6. The Bertz CT molecular complexity index is 1120. The average Bonchev–Trinajstić information content (AvgIpc) is 3.10. The molecule has 1 aromatic heterocycles. The van der Waals surface area contributed by atoms with Crippen LogP contribution in [0, 0.1) is 6.92 Å². The van der Waals surface area contributed by atoms with Crippen molar-refractivity contribution < 1.29 is 31.9 Å². The molecule has 1 saturated heterocycles. The Kier molecular flexibility index (Phi) is 5.53. The normalized spacial score (nSPS) is 14.7. The summed E-state index contributed by atoms with van der Waals surface area (Å²) in [5, 5.41) is 3.02. The molecule has 1 amide bonds. The number of anilines is 2. The number of halogens is 3. The largest absolute Gasteiger partial charge is 0.497 e. The van der Waals surface area contributed by atoms with Crippen LogP contribution in [0.15, 0.2) is 40.8 Å². The number of fused-ring (bicyclic) bond motifs is 1. The van der Waals surface area contributed by atoms with Gasteiger partial charge in [-0.2, -0.15) is 13.2 Å². The molecule has 0 radical (unpaired) electrons. The maximum absolute atomic E-state index is 13.7. The van der Waals surface area contributed by atoms with Gasteiger partial charge in [-0.3, -0.25) is 4.79 Å². The Labute approximate surface area is 176 Å². The fraction of sp³-hybridized carbons (Fsp3) is 0.318. The Morgan fingerprint density at radius 2 is 1.87 bits per heavy atom. The maximum atomic E-state index is 13.7. The highest BCUT2D eigenvalue weighted by molar-refractivity contribution is 6.07. The summed E-state index contributed by atoms with van der Waals surface area (Å²) >= 11 is 0. The first-order valence-electron chi connectivity index (χ1n) is 9.70. The van der Waals surface area contributed by atoms with Crippen LogP contribution in [0.3, 0.4) is 0 Å². The van der Waals surface area contributed by atoms with Gasteiger partial charge in [0.05, 0.1) is 31.6 Å². The van der Waals surface area contributed by atoms with Crippen LogP contribution in [0.5, 0.6) is 5.75 Å². The minimum Gasteiger partial charge on any atom is -0.497 e. The van der Waals surface area contributed by atoms with Gasteiger partial charge in [-0.05, 0) is 43.3 Å². The SMILES string of the molecule is COc1ccc2oc(C(=O)Nc3ccc(N4CCOCC4)cc3C(F)(F)F)c(C)c2c1. The number of rotatable bonds is 4. The molecule has 31 heavy (non-hydrogen) atoms. The van der Waals surface area contributed by atoms with E-state index in [1.54, 1.807) is 31.2 Å². The van der Waals surface area contributed by atoms with Crippen LogP contribution in [0.4, 0.5) is 24.5 Å². The summed E-state index contributed by atoms with van der Waals surface area (Å²) < 4.78 is 57.3. The molecule has 2 heterocycles. The molecule has 6 nitrogen and oxygen atoms in total. The lowest BCUT2D eigenvalue weighted by molar-refractivity contribution is -0.136. The number of nitrogens with one attached hydrogen (secondary N) is 1. The summed E-state index contributed by atoms with van der Waals surface area (Å²) in [6.07, 6.45) is -4.64. The average molecular weight is 434 g/mol. The molecule has 1 aliphatic rings. The number of aryl methyl sites for hydroxylation is 1. The third-order valence-corrected chi connectivity index (χ3v) is 5.28. The number of morpholine rings is 1. The first kappa shape index (κ1) is 21.0. The van der Waals surface area contributed by atoms with Gasteiger partial charge >= 0.3 is 6.18 Å². The minimum atomic E-state index is -4.64. The predicted molar refractivity (Wildman–Crippen MR) is 110 cm³/mol. The molecule has 0 saturated carbocycles. The van der Waals surface area contributed by atoms with E-state index in [2.05, 4.69) is 5.32 Å². The zero-order valence-electron chi connectivity index (χ0n) is 17.0. The van der Waals surface area contributed by atoms with E-state index >= 15 is 0 Å². The first-order valence-corrected chi connectivity index (χ1v) is 9.70. The second-order valence-corrected chi connectivity index (χ2v) is 7.20. The van der Waals surface area contributed by atoms with Crippen LogP contribution < -0.4 is 15.0 Å². The van der Waals surface area contributed by atoms with E-state index in [4.69, 9.17) is 13.9 Å². The fourth-order valence-electron chi connectivity index (χ4n) is 3.62. The highest BCUT2D eigenvalue weighted by Crippen LogP contribution is 2.38. The van der Waals surface area contributed by atoms with Gasteiger partial charge in [0.15, 0.2) is 5.76 Å². The molecule has 3 aromatic rings. The van der Waals surface area contributed by atoms with Crippen molar-refractivity contribution in [2.24, 2.45) is 0 Å². The third-order valence-electron chi connectivity index (χ3n) is 5.28. The van der Waals surface area contributed by atoms with Gasteiger partial charge in [-0.15, -0.1) is 0 Å². The van der Waals surface area contributed by atoms with Crippen molar-refractivity contribution in [3.63, 3.8) is 0 Å². The lowest BCUT2D eigenvalue weighted by Gasteiger charge is -2.29.